The van der Waals surface area contributed by atoms with Gasteiger partial charge in [-0.05, 0) is 19.1 Å². The molecule has 21 heavy (non-hydrogen) atoms. The second-order valence-electron chi connectivity index (χ2n) is 5.09. The predicted octanol–water partition coefficient (Wildman–Crippen LogP) is 0.562. The Balaban J connectivity index is 1.53. The van der Waals surface area contributed by atoms with Gasteiger partial charge >= 0.3 is 0 Å². The fourth-order valence-corrected chi connectivity index (χ4v) is 2.46. The number of fused-ring (bicyclic) bond motifs is 1. The monoisotopic (exact) mass is 280 g/mol. The van der Waals surface area contributed by atoms with Gasteiger partial charge in [-0.3, -0.25) is 4.68 Å². The maximum atomic E-state index is 8.82. The second kappa shape index (κ2) is 4.28. The molecule has 3 aromatic heterocycles. The highest BCUT2D eigenvalue weighted by atomic mass is 15.4. The van der Waals surface area contributed by atoms with Crippen LogP contribution in [0.4, 0.5) is 5.82 Å². The zero-order chi connectivity index (χ0) is 14.4. The van der Waals surface area contributed by atoms with Crippen LogP contribution < -0.4 is 4.90 Å². The van der Waals surface area contributed by atoms with Crippen molar-refractivity contribution in [3.8, 4) is 6.07 Å². The average molecular weight is 280 g/mol. The number of rotatable bonds is 2. The molecule has 104 valence electrons. The van der Waals surface area contributed by atoms with Gasteiger partial charge in [-0.15, -0.1) is 15.3 Å². The summed E-state index contributed by atoms with van der Waals surface area (Å²) in [4.78, 5) is 2.16. The highest BCUT2D eigenvalue weighted by molar-refractivity contribution is 5.47. The Bertz CT molecular complexity index is 849. The molecular weight excluding hydrogens is 268 g/mol. The molecule has 1 fully saturated rings. The molecule has 8 heteroatoms. The van der Waals surface area contributed by atoms with Gasteiger partial charge < -0.3 is 4.90 Å². The highest BCUT2D eigenvalue weighted by Crippen LogP contribution is 2.26. The van der Waals surface area contributed by atoms with Crippen molar-refractivity contribution < 1.29 is 0 Å². The normalized spacial score (nSPS) is 15.1. The summed E-state index contributed by atoms with van der Waals surface area (Å²) < 4.78 is 3.59. The number of nitriles is 1. The Labute approximate surface area is 120 Å². The first-order valence-corrected chi connectivity index (χ1v) is 6.63. The van der Waals surface area contributed by atoms with Crippen molar-refractivity contribution in [3.05, 3.63) is 35.9 Å². The minimum Gasteiger partial charge on any atom is -0.351 e. The van der Waals surface area contributed by atoms with Crippen molar-refractivity contribution in [3.63, 3.8) is 0 Å². The van der Waals surface area contributed by atoms with Crippen LogP contribution in [0.15, 0.2) is 24.5 Å². The lowest BCUT2D eigenvalue weighted by atomic mass is 10.1. The molecule has 0 aromatic carbocycles. The van der Waals surface area contributed by atoms with Crippen LogP contribution in [-0.2, 0) is 0 Å². The van der Waals surface area contributed by atoms with Gasteiger partial charge in [0.05, 0.1) is 17.8 Å². The second-order valence-corrected chi connectivity index (χ2v) is 5.09. The summed E-state index contributed by atoms with van der Waals surface area (Å²) in [5.41, 5.74) is 1.34. The van der Waals surface area contributed by atoms with E-state index in [9.17, 15) is 0 Å². The topological polar surface area (TPSA) is 87.9 Å². The summed E-state index contributed by atoms with van der Waals surface area (Å²) in [6, 6.07) is 6.24. The van der Waals surface area contributed by atoms with Gasteiger partial charge in [0.2, 0.25) is 0 Å². The maximum Gasteiger partial charge on any atom is 0.178 e. The molecule has 0 radical (unpaired) electrons. The number of anilines is 1. The van der Waals surface area contributed by atoms with Crippen LogP contribution in [0.2, 0.25) is 0 Å². The predicted molar refractivity (Wildman–Crippen MR) is 73.7 cm³/mol. The number of nitrogens with zero attached hydrogens (tertiary/aromatic N) is 8. The fraction of sp³-hybridized carbons (Fsp3) is 0.308. The summed E-state index contributed by atoms with van der Waals surface area (Å²) in [5, 5.41) is 25.6. The quantitative estimate of drug-likeness (QED) is 0.681. The van der Waals surface area contributed by atoms with Crippen LogP contribution in [0.25, 0.3) is 5.65 Å². The van der Waals surface area contributed by atoms with Gasteiger partial charge in [-0.1, -0.05) is 0 Å². The molecule has 4 heterocycles. The van der Waals surface area contributed by atoms with Crippen LogP contribution >= 0.6 is 0 Å². The van der Waals surface area contributed by atoms with Crippen LogP contribution in [0.1, 0.15) is 17.4 Å². The molecule has 0 N–H and O–H groups in total. The molecule has 0 amide bonds. The zero-order valence-electron chi connectivity index (χ0n) is 11.4. The van der Waals surface area contributed by atoms with Gasteiger partial charge in [0.25, 0.3) is 0 Å². The van der Waals surface area contributed by atoms with Crippen molar-refractivity contribution in [2.24, 2.45) is 0 Å². The van der Waals surface area contributed by atoms with Crippen molar-refractivity contribution in [1.29, 1.82) is 5.26 Å². The average Bonchev–Trinajstić information content (AvgIpc) is 3.05. The molecule has 1 aliphatic heterocycles. The molecule has 0 spiro atoms. The minimum atomic E-state index is 0.284. The van der Waals surface area contributed by atoms with Gasteiger partial charge in [0.15, 0.2) is 11.5 Å². The van der Waals surface area contributed by atoms with Crippen LogP contribution in [0.5, 0.6) is 0 Å². The fourth-order valence-electron chi connectivity index (χ4n) is 2.46. The van der Waals surface area contributed by atoms with Crippen LogP contribution in [0.3, 0.4) is 0 Å². The van der Waals surface area contributed by atoms with E-state index in [1.165, 1.54) is 0 Å². The van der Waals surface area contributed by atoms with Crippen LogP contribution in [0, 0.1) is 18.3 Å². The first kappa shape index (κ1) is 11.8. The van der Waals surface area contributed by atoms with Crippen molar-refractivity contribution in [2.75, 3.05) is 18.0 Å². The van der Waals surface area contributed by atoms with Gasteiger partial charge in [-0.2, -0.15) is 14.9 Å². The Hall–Kier alpha value is -2.95. The molecule has 0 saturated carbocycles. The Kier molecular flexibility index (Phi) is 2.41. The van der Waals surface area contributed by atoms with Crippen molar-refractivity contribution in [2.45, 2.75) is 13.0 Å². The van der Waals surface area contributed by atoms with E-state index >= 15 is 0 Å². The number of aryl methyl sites for hydroxylation is 1. The Morgan fingerprint density at radius 2 is 2.14 bits per heavy atom. The Morgan fingerprint density at radius 3 is 2.90 bits per heavy atom. The van der Waals surface area contributed by atoms with Crippen LogP contribution in [-0.4, -0.2) is 42.7 Å². The first-order valence-electron chi connectivity index (χ1n) is 6.63. The van der Waals surface area contributed by atoms with E-state index in [-0.39, 0.29) is 6.04 Å². The third-order valence-electron chi connectivity index (χ3n) is 3.70. The molecule has 0 aliphatic carbocycles. The molecule has 3 aromatic rings. The summed E-state index contributed by atoms with van der Waals surface area (Å²) in [5.74, 6) is 1.67. The summed E-state index contributed by atoms with van der Waals surface area (Å²) in [7, 11) is 0. The largest absolute Gasteiger partial charge is 0.351 e. The lowest BCUT2D eigenvalue weighted by Gasteiger charge is -2.39. The van der Waals surface area contributed by atoms with E-state index in [1.54, 1.807) is 16.9 Å². The molecule has 1 saturated heterocycles. The zero-order valence-corrected chi connectivity index (χ0v) is 11.4. The number of hydrogen-bond acceptors (Lipinski definition) is 6. The number of hydrogen-bond donors (Lipinski definition) is 0. The van der Waals surface area contributed by atoms with Gasteiger partial charge in [0, 0.05) is 19.3 Å². The molecule has 8 nitrogen and oxygen atoms in total. The maximum absolute atomic E-state index is 8.82. The Morgan fingerprint density at radius 1 is 1.29 bits per heavy atom. The van der Waals surface area contributed by atoms with Crippen molar-refractivity contribution in [1.82, 2.24) is 29.6 Å². The third-order valence-corrected chi connectivity index (χ3v) is 3.70. The summed E-state index contributed by atoms with van der Waals surface area (Å²) >= 11 is 0. The molecule has 4 rings (SSSR count). The first-order chi connectivity index (χ1) is 10.2. The summed E-state index contributed by atoms with van der Waals surface area (Å²) in [6.07, 6.45) is 3.37. The third kappa shape index (κ3) is 1.82. The van der Waals surface area contributed by atoms with E-state index < -0.39 is 0 Å². The lowest BCUT2D eigenvalue weighted by Crippen LogP contribution is -2.48. The number of aromatic nitrogens is 6. The van der Waals surface area contributed by atoms with Crippen molar-refractivity contribution >= 4 is 11.5 Å². The highest BCUT2D eigenvalue weighted by Gasteiger charge is 2.30. The minimum absolute atomic E-state index is 0.284. The molecule has 0 bridgehead atoms. The van der Waals surface area contributed by atoms with E-state index in [1.807, 2.05) is 23.7 Å². The smallest absolute Gasteiger partial charge is 0.178 e. The molecule has 0 unspecified atom stereocenters. The lowest BCUT2D eigenvalue weighted by molar-refractivity contribution is 0.365. The summed E-state index contributed by atoms with van der Waals surface area (Å²) in [6.45, 7) is 3.53. The molecule has 0 atom stereocenters. The van der Waals surface area contributed by atoms with E-state index in [2.05, 4.69) is 31.4 Å². The van der Waals surface area contributed by atoms with Gasteiger partial charge in [-0.25, -0.2) is 0 Å². The van der Waals surface area contributed by atoms with E-state index in [0.29, 0.717) is 5.56 Å². The van der Waals surface area contributed by atoms with Gasteiger partial charge in [0.1, 0.15) is 11.9 Å². The SMILES string of the molecule is Cc1nnc2ccc(N3CC(n4cc(C#N)cn4)C3)nn12. The molecule has 1 aliphatic rings. The van der Waals surface area contributed by atoms with E-state index in [4.69, 9.17) is 5.26 Å². The van der Waals surface area contributed by atoms with E-state index in [0.717, 1.165) is 30.4 Å². The molecular formula is C13H12N8. The standard InChI is InChI=1S/C13H12N8/c1-9-16-17-12-2-3-13(18-21(9)12)19-7-11(8-19)20-6-10(4-14)5-15-20/h2-3,5-6,11H,7-8H2,1H3.